The van der Waals surface area contributed by atoms with E-state index in [-0.39, 0.29) is 26.9 Å². The first-order valence-corrected chi connectivity index (χ1v) is 13.5. The van der Waals surface area contributed by atoms with E-state index >= 15 is 0 Å². The van der Waals surface area contributed by atoms with E-state index in [1.807, 2.05) is 37.3 Å². The first-order valence-electron chi connectivity index (χ1n) is 11.3. The summed E-state index contributed by atoms with van der Waals surface area (Å²) in [6, 6.07) is 21.8. The molecule has 11 heteroatoms. The van der Waals surface area contributed by atoms with Crippen LogP contribution in [0.15, 0.2) is 83.3 Å². The molecule has 1 aromatic heterocycles. The second-order valence-electron chi connectivity index (χ2n) is 8.04. The standard InChI is InChI=1S/C27H22N4O5S2/c1-18-7-13-23(14-8-18)38(33,34)36-24-6-4-3-5-20(24)16-21(17-28)26(32)29-27-31-30-25(37-27)15-19-9-11-22(35-2)12-10-19/h3-14,16H,15H2,1-2H3,(H,29,31,32)/b21-16+. The summed E-state index contributed by atoms with van der Waals surface area (Å²) in [6.45, 7) is 1.84. The van der Waals surface area contributed by atoms with Crippen LogP contribution in [0, 0.1) is 18.3 Å². The maximum Gasteiger partial charge on any atom is 0.339 e. The number of nitriles is 1. The molecule has 9 nitrogen and oxygen atoms in total. The van der Waals surface area contributed by atoms with Gasteiger partial charge in [-0.05, 0) is 48.9 Å². The molecule has 1 heterocycles. The van der Waals surface area contributed by atoms with Crippen LogP contribution in [0.2, 0.25) is 0 Å². The molecular weight excluding hydrogens is 524 g/mol. The Morgan fingerprint density at radius 1 is 1.05 bits per heavy atom. The molecule has 0 saturated carbocycles. The van der Waals surface area contributed by atoms with Crippen LogP contribution in [0.25, 0.3) is 6.08 Å². The number of aryl methyl sites for hydroxylation is 1. The Morgan fingerprint density at radius 2 is 1.76 bits per heavy atom. The molecule has 3 aromatic carbocycles. The summed E-state index contributed by atoms with van der Waals surface area (Å²) < 4.78 is 36.0. The number of hydrogen-bond acceptors (Lipinski definition) is 9. The number of rotatable bonds is 9. The van der Waals surface area contributed by atoms with Crippen LogP contribution in [-0.4, -0.2) is 31.6 Å². The van der Waals surface area contributed by atoms with Gasteiger partial charge in [-0.1, -0.05) is 59.4 Å². The third kappa shape index (κ3) is 6.61. The zero-order valence-corrected chi connectivity index (χ0v) is 22.0. The van der Waals surface area contributed by atoms with Crippen LogP contribution in [-0.2, 0) is 21.3 Å². The smallest absolute Gasteiger partial charge is 0.339 e. The van der Waals surface area contributed by atoms with E-state index in [1.54, 1.807) is 37.4 Å². The van der Waals surface area contributed by atoms with E-state index in [0.29, 0.717) is 11.4 Å². The summed E-state index contributed by atoms with van der Waals surface area (Å²) >= 11 is 1.18. The minimum Gasteiger partial charge on any atom is -0.497 e. The Morgan fingerprint density at radius 3 is 2.45 bits per heavy atom. The highest BCUT2D eigenvalue weighted by Gasteiger charge is 2.19. The highest BCUT2D eigenvalue weighted by molar-refractivity contribution is 7.87. The minimum absolute atomic E-state index is 0.0122. The van der Waals surface area contributed by atoms with Crippen molar-refractivity contribution in [2.45, 2.75) is 18.2 Å². The Bertz CT molecular complexity index is 1620. The number of carbonyl (C=O) groups excluding carboxylic acids is 1. The Kier molecular flexibility index (Phi) is 8.15. The zero-order chi connectivity index (χ0) is 27.1. The summed E-state index contributed by atoms with van der Waals surface area (Å²) in [5.41, 5.74) is 1.88. The van der Waals surface area contributed by atoms with Gasteiger partial charge in [-0.25, -0.2) is 0 Å². The molecule has 38 heavy (non-hydrogen) atoms. The summed E-state index contributed by atoms with van der Waals surface area (Å²) in [6.07, 6.45) is 1.77. The fourth-order valence-corrected chi connectivity index (χ4v) is 5.03. The summed E-state index contributed by atoms with van der Waals surface area (Å²) in [7, 11) is -2.53. The van der Waals surface area contributed by atoms with Crippen LogP contribution in [0.3, 0.4) is 0 Å². The van der Waals surface area contributed by atoms with Crippen LogP contribution < -0.4 is 14.2 Å². The molecule has 0 bridgehead atoms. The molecular formula is C27H22N4O5S2. The second kappa shape index (κ2) is 11.7. The van der Waals surface area contributed by atoms with Gasteiger partial charge in [-0.15, -0.1) is 10.2 Å². The molecule has 192 valence electrons. The lowest BCUT2D eigenvalue weighted by molar-refractivity contribution is -0.112. The van der Waals surface area contributed by atoms with Crippen molar-refractivity contribution in [3.8, 4) is 17.6 Å². The average Bonchev–Trinajstić information content (AvgIpc) is 3.35. The van der Waals surface area contributed by atoms with Crippen molar-refractivity contribution in [2.75, 3.05) is 12.4 Å². The maximum absolute atomic E-state index is 12.8. The summed E-state index contributed by atoms with van der Waals surface area (Å²) in [4.78, 5) is 12.8. The molecule has 0 atom stereocenters. The van der Waals surface area contributed by atoms with Gasteiger partial charge in [0.2, 0.25) is 5.13 Å². The third-order valence-corrected chi connectivity index (χ3v) is 7.38. The normalized spacial score (nSPS) is 11.4. The first kappa shape index (κ1) is 26.5. The Labute approximate surface area is 224 Å². The van der Waals surface area contributed by atoms with E-state index in [2.05, 4.69) is 15.5 Å². The van der Waals surface area contributed by atoms with Gasteiger partial charge in [0, 0.05) is 12.0 Å². The molecule has 0 radical (unpaired) electrons. The van der Waals surface area contributed by atoms with Crippen molar-refractivity contribution in [3.63, 3.8) is 0 Å². The predicted molar refractivity (Wildman–Crippen MR) is 143 cm³/mol. The number of amides is 1. The van der Waals surface area contributed by atoms with Crippen molar-refractivity contribution >= 4 is 38.6 Å². The van der Waals surface area contributed by atoms with Gasteiger partial charge in [0.1, 0.15) is 33.0 Å². The molecule has 0 saturated heterocycles. The molecule has 4 aromatic rings. The molecule has 0 unspecified atom stereocenters. The largest absolute Gasteiger partial charge is 0.497 e. The van der Waals surface area contributed by atoms with Crippen molar-refractivity contribution in [1.29, 1.82) is 5.26 Å². The quantitative estimate of drug-likeness (QED) is 0.181. The molecule has 1 amide bonds. The minimum atomic E-state index is -4.13. The molecule has 0 fully saturated rings. The summed E-state index contributed by atoms with van der Waals surface area (Å²) in [5.74, 6) is 0.0108. The Balaban J connectivity index is 1.49. The van der Waals surface area contributed by atoms with E-state index in [1.165, 1.54) is 35.6 Å². The lowest BCUT2D eigenvalue weighted by Crippen LogP contribution is -2.13. The zero-order valence-electron chi connectivity index (χ0n) is 20.4. The number of nitrogens with zero attached hydrogens (tertiary/aromatic N) is 3. The monoisotopic (exact) mass is 546 g/mol. The van der Waals surface area contributed by atoms with Crippen molar-refractivity contribution < 1.29 is 22.1 Å². The number of aromatic nitrogens is 2. The number of hydrogen-bond donors (Lipinski definition) is 1. The number of methoxy groups -OCH3 is 1. The number of carbonyl (C=O) groups is 1. The van der Waals surface area contributed by atoms with Gasteiger partial charge in [-0.2, -0.15) is 13.7 Å². The SMILES string of the molecule is COc1ccc(Cc2nnc(NC(=O)/C(C#N)=C/c3ccccc3OS(=O)(=O)c3ccc(C)cc3)s2)cc1. The number of para-hydroxylation sites is 1. The van der Waals surface area contributed by atoms with Crippen molar-refractivity contribution in [3.05, 3.63) is 100 Å². The fraction of sp³-hybridized carbons (Fsp3) is 0.111. The highest BCUT2D eigenvalue weighted by Crippen LogP contribution is 2.26. The molecule has 0 aliphatic carbocycles. The molecule has 4 rings (SSSR count). The predicted octanol–water partition coefficient (Wildman–Crippen LogP) is 4.76. The van der Waals surface area contributed by atoms with Gasteiger partial charge < -0.3 is 8.92 Å². The number of ether oxygens (including phenoxy) is 1. The molecule has 1 N–H and O–H groups in total. The number of benzene rings is 3. The van der Waals surface area contributed by atoms with E-state index in [4.69, 9.17) is 8.92 Å². The van der Waals surface area contributed by atoms with Gasteiger partial charge in [0.15, 0.2) is 0 Å². The number of nitrogens with one attached hydrogen (secondary N) is 1. The lowest BCUT2D eigenvalue weighted by Gasteiger charge is -2.10. The van der Waals surface area contributed by atoms with Crippen LogP contribution in [0.5, 0.6) is 11.5 Å². The van der Waals surface area contributed by atoms with Crippen molar-refractivity contribution in [2.24, 2.45) is 0 Å². The fourth-order valence-electron chi connectivity index (χ4n) is 3.31. The van der Waals surface area contributed by atoms with Gasteiger partial charge in [-0.3, -0.25) is 10.1 Å². The van der Waals surface area contributed by atoms with E-state index in [0.717, 1.165) is 16.9 Å². The van der Waals surface area contributed by atoms with Crippen molar-refractivity contribution in [1.82, 2.24) is 10.2 Å². The van der Waals surface area contributed by atoms with Crippen LogP contribution in [0.1, 0.15) is 21.7 Å². The van der Waals surface area contributed by atoms with Gasteiger partial charge in [0.25, 0.3) is 5.91 Å². The topological polar surface area (TPSA) is 131 Å². The Hall–Kier alpha value is -4.53. The molecule has 0 aliphatic rings. The van der Waals surface area contributed by atoms with E-state index in [9.17, 15) is 18.5 Å². The van der Waals surface area contributed by atoms with E-state index < -0.39 is 16.0 Å². The molecule has 0 spiro atoms. The third-order valence-electron chi connectivity index (χ3n) is 5.29. The average molecular weight is 547 g/mol. The second-order valence-corrected chi connectivity index (χ2v) is 10.6. The summed E-state index contributed by atoms with van der Waals surface area (Å²) in [5, 5.41) is 21.2. The first-order chi connectivity index (χ1) is 18.3. The molecule has 0 aliphatic heterocycles. The lowest BCUT2D eigenvalue weighted by atomic mass is 10.1. The highest BCUT2D eigenvalue weighted by atomic mass is 32.2. The maximum atomic E-state index is 12.8. The van der Waals surface area contributed by atoms with Gasteiger partial charge in [0.05, 0.1) is 7.11 Å². The number of anilines is 1. The van der Waals surface area contributed by atoms with Crippen LogP contribution >= 0.6 is 11.3 Å². The van der Waals surface area contributed by atoms with Gasteiger partial charge >= 0.3 is 10.1 Å². The van der Waals surface area contributed by atoms with Crippen LogP contribution in [0.4, 0.5) is 5.13 Å².